The van der Waals surface area contributed by atoms with E-state index in [-0.39, 0.29) is 0 Å². The van der Waals surface area contributed by atoms with E-state index in [1.807, 2.05) is 42.8 Å². The smallest absolute Gasteiger partial charge is 0.143 e. The van der Waals surface area contributed by atoms with Crippen molar-refractivity contribution in [3.05, 3.63) is 42.2 Å². The first kappa shape index (κ1) is 10.8. The number of aryl methyl sites for hydroxylation is 2. The number of anilines is 1. The molecule has 3 rings (SSSR count). The molecule has 4 nitrogen and oxygen atoms in total. The first-order valence-corrected chi connectivity index (χ1v) is 5.80. The van der Waals surface area contributed by atoms with Crippen molar-refractivity contribution in [1.29, 1.82) is 0 Å². The second-order valence-corrected chi connectivity index (χ2v) is 4.39. The van der Waals surface area contributed by atoms with Gasteiger partial charge in [0.2, 0.25) is 0 Å². The Balaban J connectivity index is 2.32. The third-order valence-corrected chi connectivity index (χ3v) is 3.25. The lowest BCUT2D eigenvalue weighted by Crippen LogP contribution is -1.98. The number of imidazole rings is 1. The van der Waals surface area contributed by atoms with Crippen LogP contribution in [0.25, 0.3) is 22.4 Å². The van der Waals surface area contributed by atoms with E-state index in [0.717, 1.165) is 33.7 Å². The van der Waals surface area contributed by atoms with Gasteiger partial charge >= 0.3 is 0 Å². The molecule has 0 aliphatic heterocycles. The van der Waals surface area contributed by atoms with Gasteiger partial charge in [0, 0.05) is 24.5 Å². The number of fused-ring (bicyclic) bond motifs is 1. The number of nitrogens with two attached hydrogens (primary N) is 1. The van der Waals surface area contributed by atoms with Gasteiger partial charge < -0.3 is 10.3 Å². The molecule has 0 radical (unpaired) electrons. The predicted molar refractivity (Wildman–Crippen MR) is 73.1 cm³/mol. The van der Waals surface area contributed by atoms with Crippen LogP contribution in [0.15, 0.2) is 36.7 Å². The van der Waals surface area contributed by atoms with Crippen LogP contribution in [0.2, 0.25) is 0 Å². The molecule has 0 unspecified atom stereocenters. The molecule has 0 spiro atoms. The third kappa shape index (κ3) is 1.46. The first-order chi connectivity index (χ1) is 8.68. The number of para-hydroxylation sites is 1. The Hall–Kier alpha value is -2.36. The number of nitrogen functional groups attached to an aromatic ring is 1. The van der Waals surface area contributed by atoms with Gasteiger partial charge in [-0.15, -0.1) is 0 Å². The lowest BCUT2D eigenvalue weighted by molar-refractivity contribution is 0.959. The van der Waals surface area contributed by atoms with Crippen LogP contribution in [0.1, 0.15) is 5.56 Å². The average Bonchev–Trinajstić information content (AvgIpc) is 2.71. The molecular formula is C14H14N4. The van der Waals surface area contributed by atoms with Crippen molar-refractivity contribution in [1.82, 2.24) is 14.5 Å². The summed E-state index contributed by atoms with van der Waals surface area (Å²) in [6, 6.07) is 7.95. The molecule has 0 aliphatic rings. The highest BCUT2D eigenvalue weighted by Crippen LogP contribution is 2.29. The number of benzene rings is 1. The summed E-state index contributed by atoms with van der Waals surface area (Å²) >= 11 is 0. The van der Waals surface area contributed by atoms with Crippen molar-refractivity contribution in [3.63, 3.8) is 0 Å². The SMILES string of the molecule is Cc1cccc(-c2nc3cnccc3n2C)c1N. The number of hydrogen-bond donors (Lipinski definition) is 1. The Morgan fingerprint density at radius 1 is 1.22 bits per heavy atom. The van der Waals surface area contributed by atoms with Gasteiger partial charge in [0.25, 0.3) is 0 Å². The fourth-order valence-corrected chi connectivity index (χ4v) is 2.17. The number of hydrogen-bond acceptors (Lipinski definition) is 3. The summed E-state index contributed by atoms with van der Waals surface area (Å²) in [7, 11) is 1.99. The van der Waals surface area contributed by atoms with Gasteiger partial charge in [0.05, 0.1) is 11.7 Å². The molecule has 3 aromatic rings. The zero-order valence-corrected chi connectivity index (χ0v) is 10.4. The third-order valence-electron chi connectivity index (χ3n) is 3.25. The van der Waals surface area contributed by atoms with Gasteiger partial charge in [-0.2, -0.15) is 0 Å². The molecule has 2 N–H and O–H groups in total. The molecule has 0 fully saturated rings. The van der Waals surface area contributed by atoms with Crippen LogP contribution in [0.5, 0.6) is 0 Å². The molecule has 1 aromatic carbocycles. The van der Waals surface area contributed by atoms with Crippen molar-refractivity contribution in [2.24, 2.45) is 7.05 Å². The Bertz CT molecular complexity index is 728. The fraction of sp³-hybridized carbons (Fsp3) is 0.143. The Morgan fingerprint density at radius 3 is 2.83 bits per heavy atom. The van der Waals surface area contributed by atoms with E-state index in [0.29, 0.717) is 0 Å². The second-order valence-electron chi connectivity index (χ2n) is 4.39. The van der Waals surface area contributed by atoms with E-state index in [1.165, 1.54) is 0 Å². The monoisotopic (exact) mass is 238 g/mol. The summed E-state index contributed by atoms with van der Waals surface area (Å²) in [6.07, 6.45) is 3.54. The highest BCUT2D eigenvalue weighted by atomic mass is 15.1. The molecule has 90 valence electrons. The molecule has 4 heteroatoms. The fourth-order valence-electron chi connectivity index (χ4n) is 2.17. The summed E-state index contributed by atoms with van der Waals surface area (Å²) < 4.78 is 2.04. The van der Waals surface area contributed by atoms with Gasteiger partial charge in [-0.25, -0.2) is 4.98 Å². The molecule has 18 heavy (non-hydrogen) atoms. The lowest BCUT2D eigenvalue weighted by atomic mass is 10.1. The van der Waals surface area contributed by atoms with E-state index >= 15 is 0 Å². The van der Waals surface area contributed by atoms with Gasteiger partial charge in [-0.1, -0.05) is 12.1 Å². The summed E-state index contributed by atoms with van der Waals surface area (Å²) in [5.74, 6) is 0.874. The highest BCUT2D eigenvalue weighted by molar-refractivity contribution is 5.83. The van der Waals surface area contributed by atoms with Crippen molar-refractivity contribution >= 4 is 16.7 Å². The normalized spacial score (nSPS) is 11.0. The minimum absolute atomic E-state index is 0.781. The molecular weight excluding hydrogens is 224 g/mol. The molecule has 0 saturated heterocycles. The number of nitrogens with zero attached hydrogens (tertiary/aromatic N) is 3. The van der Waals surface area contributed by atoms with E-state index in [2.05, 4.69) is 9.97 Å². The topological polar surface area (TPSA) is 56.7 Å². The van der Waals surface area contributed by atoms with Crippen molar-refractivity contribution in [2.75, 3.05) is 5.73 Å². The van der Waals surface area contributed by atoms with Crippen LogP contribution in [-0.4, -0.2) is 14.5 Å². The molecule has 0 saturated carbocycles. The Labute approximate surface area is 105 Å². The summed E-state index contributed by atoms with van der Waals surface area (Å²) in [5.41, 5.74) is 10.9. The van der Waals surface area contributed by atoms with Gasteiger partial charge in [0.1, 0.15) is 11.3 Å². The summed E-state index contributed by atoms with van der Waals surface area (Å²) in [4.78, 5) is 8.70. The molecule has 0 bridgehead atoms. The molecule has 2 aromatic heterocycles. The zero-order valence-electron chi connectivity index (χ0n) is 10.4. The van der Waals surface area contributed by atoms with Crippen LogP contribution in [0, 0.1) is 6.92 Å². The van der Waals surface area contributed by atoms with Gasteiger partial charge in [-0.05, 0) is 24.6 Å². The van der Waals surface area contributed by atoms with Crippen LogP contribution >= 0.6 is 0 Å². The maximum atomic E-state index is 6.14. The number of pyridine rings is 1. The van der Waals surface area contributed by atoms with Crippen molar-refractivity contribution in [2.45, 2.75) is 6.92 Å². The van der Waals surface area contributed by atoms with Gasteiger partial charge in [0.15, 0.2) is 0 Å². The minimum atomic E-state index is 0.781. The highest BCUT2D eigenvalue weighted by Gasteiger charge is 2.12. The van der Waals surface area contributed by atoms with Crippen molar-refractivity contribution in [3.8, 4) is 11.4 Å². The minimum Gasteiger partial charge on any atom is -0.398 e. The Morgan fingerprint density at radius 2 is 2.06 bits per heavy atom. The maximum absolute atomic E-state index is 6.14. The maximum Gasteiger partial charge on any atom is 0.143 e. The predicted octanol–water partition coefficient (Wildman–Crippen LogP) is 2.53. The molecule has 0 atom stereocenters. The van der Waals surface area contributed by atoms with Crippen LogP contribution < -0.4 is 5.73 Å². The average molecular weight is 238 g/mol. The largest absolute Gasteiger partial charge is 0.398 e. The van der Waals surface area contributed by atoms with E-state index < -0.39 is 0 Å². The summed E-state index contributed by atoms with van der Waals surface area (Å²) in [5, 5.41) is 0. The number of aromatic nitrogens is 3. The lowest BCUT2D eigenvalue weighted by Gasteiger charge is -2.08. The molecule has 2 heterocycles. The van der Waals surface area contributed by atoms with Gasteiger partial charge in [-0.3, -0.25) is 4.98 Å². The standard InChI is InChI=1S/C14H14N4/c1-9-4-3-5-10(13(9)15)14-17-11-8-16-7-6-12(11)18(14)2/h3-8H,15H2,1-2H3. The quantitative estimate of drug-likeness (QED) is 0.663. The second kappa shape index (κ2) is 3.84. The van der Waals surface area contributed by atoms with E-state index in [1.54, 1.807) is 12.4 Å². The van der Waals surface area contributed by atoms with Crippen LogP contribution in [0.3, 0.4) is 0 Å². The molecule has 0 amide bonds. The molecule has 0 aliphatic carbocycles. The van der Waals surface area contributed by atoms with Crippen LogP contribution in [-0.2, 0) is 7.05 Å². The number of rotatable bonds is 1. The zero-order chi connectivity index (χ0) is 12.7. The van der Waals surface area contributed by atoms with Crippen molar-refractivity contribution < 1.29 is 0 Å². The first-order valence-electron chi connectivity index (χ1n) is 5.80. The van der Waals surface area contributed by atoms with E-state index in [4.69, 9.17) is 5.73 Å². The van der Waals surface area contributed by atoms with E-state index in [9.17, 15) is 0 Å². The summed E-state index contributed by atoms with van der Waals surface area (Å²) in [6.45, 7) is 2.00. The van der Waals surface area contributed by atoms with Crippen LogP contribution in [0.4, 0.5) is 5.69 Å². The Kier molecular flexibility index (Phi) is 2.30.